The lowest BCUT2D eigenvalue weighted by molar-refractivity contribution is -0.142. The van der Waals surface area contributed by atoms with Crippen molar-refractivity contribution in [1.29, 1.82) is 0 Å². The van der Waals surface area contributed by atoms with Gasteiger partial charge in [0.1, 0.15) is 5.54 Å². The summed E-state index contributed by atoms with van der Waals surface area (Å²) >= 11 is 1.45. The molecule has 1 aromatic heterocycles. The number of ether oxygens (including phenoxy) is 1. The van der Waals surface area contributed by atoms with E-state index in [9.17, 15) is 9.59 Å². The quantitative estimate of drug-likeness (QED) is 0.838. The average Bonchev–Trinajstić information content (AvgIpc) is 2.81. The largest absolute Gasteiger partial charge is 0.466 e. The van der Waals surface area contributed by atoms with Crippen LogP contribution in [-0.2, 0) is 20.7 Å². The lowest BCUT2D eigenvalue weighted by atomic mass is 10.00. The second kappa shape index (κ2) is 5.78. The second-order valence-corrected chi connectivity index (χ2v) is 5.91. The molecule has 1 fully saturated rings. The smallest absolute Gasteiger partial charge is 0.311 e. The van der Waals surface area contributed by atoms with Crippen LogP contribution in [0.1, 0.15) is 26.5 Å². The number of rotatable bonds is 4. The van der Waals surface area contributed by atoms with Crippen LogP contribution in [-0.4, -0.2) is 42.1 Å². The number of anilines is 1. The molecule has 0 aliphatic carbocycles. The monoisotopic (exact) mass is 297 g/mol. The lowest BCUT2D eigenvalue weighted by Gasteiger charge is -2.41. The molecule has 6 nitrogen and oxygen atoms in total. The third kappa shape index (κ3) is 2.92. The average molecular weight is 297 g/mol. The number of esters is 1. The first-order valence-electron chi connectivity index (χ1n) is 6.61. The molecule has 1 aromatic rings. The Labute approximate surface area is 122 Å². The Morgan fingerprint density at radius 1 is 1.60 bits per heavy atom. The van der Waals surface area contributed by atoms with Crippen molar-refractivity contribution < 1.29 is 14.3 Å². The molecule has 0 aromatic carbocycles. The number of carbonyl (C=O) groups is 2. The third-order valence-corrected chi connectivity index (χ3v) is 4.17. The Bertz CT molecular complexity index is 513. The maximum atomic E-state index is 11.9. The highest BCUT2D eigenvalue weighted by atomic mass is 32.1. The number of nitrogens with zero attached hydrogens (tertiary/aromatic N) is 2. The molecule has 0 unspecified atom stereocenters. The number of nitrogens with one attached hydrogen (secondary N) is 1. The van der Waals surface area contributed by atoms with Crippen molar-refractivity contribution in [3.05, 3.63) is 11.1 Å². The van der Waals surface area contributed by atoms with Gasteiger partial charge in [0.15, 0.2) is 5.13 Å². The molecule has 2 rings (SSSR count). The molecule has 1 saturated heterocycles. The Hall–Kier alpha value is -1.63. The summed E-state index contributed by atoms with van der Waals surface area (Å²) in [7, 11) is 0. The van der Waals surface area contributed by atoms with Crippen LogP contribution in [0.2, 0.25) is 0 Å². The summed E-state index contributed by atoms with van der Waals surface area (Å²) in [6.07, 6.45) is 0.171. The van der Waals surface area contributed by atoms with Crippen LogP contribution in [0.5, 0.6) is 0 Å². The molecule has 0 saturated carbocycles. The fourth-order valence-corrected chi connectivity index (χ4v) is 3.09. The van der Waals surface area contributed by atoms with Crippen molar-refractivity contribution in [3.63, 3.8) is 0 Å². The minimum absolute atomic E-state index is 0.00843. The molecule has 2 heterocycles. The first kappa shape index (κ1) is 14.8. The fourth-order valence-electron chi connectivity index (χ4n) is 2.10. The van der Waals surface area contributed by atoms with Crippen molar-refractivity contribution in [2.24, 2.45) is 0 Å². The SMILES string of the molecule is CCOC(=O)Cc1csc(N2CCNC(=O)C2(C)C)n1. The summed E-state index contributed by atoms with van der Waals surface area (Å²) in [4.78, 5) is 29.8. The van der Waals surface area contributed by atoms with E-state index in [0.717, 1.165) is 5.13 Å². The van der Waals surface area contributed by atoms with Crippen molar-refractivity contribution in [2.75, 3.05) is 24.6 Å². The van der Waals surface area contributed by atoms with E-state index in [0.29, 0.717) is 25.4 Å². The van der Waals surface area contributed by atoms with E-state index in [4.69, 9.17) is 4.74 Å². The van der Waals surface area contributed by atoms with E-state index in [1.807, 2.05) is 24.1 Å². The first-order chi connectivity index (χ1) is 9.45. The molecule has 110 valence electrons. The van der Waals surface area contributed by atoms with Gasteiger partial charge in [-0.05, 0) is 20.8 Å². The Balaban J connectivity index is 2.12. The van der Waals surface area contributed by atoms with Gasteiger partial charge in [0, 0.05) is 18.5 Å². The summed E-state index contributed by atoms with van der Waals surface area (Å²) in [6.45, 7) is 7.20. The van der Waals surface area contributed by atoms with Crippen LogP contribution in [0.3, 0.4) is 0 Å². The van der Waals surface area contributed by atoms with Gasteiger partial charge in [0.2, 0.25) is 5.91 Å². The molecule has 0 bridgehead atoms. The lowest BCUT2D eigenvalue weighted by Crippen LogP contribution is -2.62. The number of hydrogen-bond acceptors (Lipinski definition) is 6. The molecule has 1 N–H and O–H groups in total. The van der Waals surface area contributed by atoms with E-state index in [2.05, 4.69) is 10.3 Å². The highest BCUT2D eigenvalue weighted by Gasteiger charge is 2.39. The molecule has 0 radical (unpaired) electrons. The summed E-state index contributed by atoms with van der Waals surface area (Å²) in [5, 5.41) is 5.46. The van der Waals surface area contributed by atoms with Crippen molar-refractivity contribution in [2.45, 2.75) is 32.7 Å². The van der Waals surface area contributed by atoms with E-state index in [1.165, 1.54) is 11.3 Å². The number of piperazine rings is 1. The van der Waals surface area contributed by atoms with Gasteiger partial charge in [-0.1, -0.05) is 0 Å². The van der Waals surface area contributed by atoms with E-state index in [-0.39, 0.29) is 18.3 Å². The van der Waals surface area contributed by atoms with E-state index < -0.39 is 5.54 Å². The third-order valence-electron chi connectivity index (χ3n) is 3.25. The Kier molecular flexibility index (Phi) is 4.27. The first-order valence-corrected chi connectivity index (χ1v) is 7.49. The van der Waals surface area contributed by atoms with Gasteiger partial charge < -0.3 is 15.0 Å². The zero-order valence-electron chi connectivity index (χ0n) is 11.9. The number of amides is 1. The molecule has 1 aliphatic heterocycles. The number of carbonyl (C=O) groups excluding carboxylic acids is 2. The number of hydrogen-bond donors (Lipinski definition) is 1. The fraction of sp³-hybridized carbons (Fsp3) is 0.615. The predicted octanol–water partition coefficient (Wildman–Crippen LogP) is 0.963. The van der Waals surface area contributed by atoms with Crippen LogP contribution in [0.25, 0.3) is 0 Å². The van der Waals surface area contributed by atoms with Crippen molar-refractivity contribution >= 4 is 28.3 Å². The maximum Gasteiger partial charge on any atom is 0.311 e. The van der Waals surface area contributed by atoms with Gasteiger partial charge in [0.05, 0.1) is 18.7 Å². The van der Waals surface area contributed by atoms with Crippen molar-refractivity contribution in [3.8, 4) is 0 Å². The minimum Gasteiger partial charge on any atom is -0.466 e. The van der Waals surface area contributed by atoms with E-state index >= 15 is 0 Å². The molecule has 0 spiro atoms. The summed E-state index contributed by atoms with van der Waals surface area (Å²) in [5.74, 6) is -0.286. The molecular formula is C13H19N3O3S. The van der Waals surface area contributed by atoms with Gasteiger partial charge in [-0.3, -0.25) is 9.59 Å². The highest BCUT2D eigenvalue weighted by molar-refractivity contribution is 7.13. The zero-order valence-corrected chi connectivity index (χ0v) is 12.7. The van der Waals surface area contributed by atoms with Gasteiger partial charge in [-0.15, -0.1) is 11.3 Å². The molecule has 7 heteroatoms. The second-order valence-electron chi connectivity index (χ2n) is 5.07. The summed E-state index contributed by atoms with van der Waals surface area (Å²) in [6, 6.07) is 0. The van der Waals surface area contributed by atoms with E-state index in [1.54, 1.807) is 6.92 Å². The molecule has 20 heavy (non-hydrogen) atoms. The Morgan fingerprint density at radius 3 is 3.05 bits per heavy atom. The minimum atomic E-state index is -0.628. The predicted molar refractivity (Wildman–Crippen MR) is 76.9 cm³/mol. The normalized spacial score (nSPS) is 17.8. The molecule has 0 atom stereocenters. The molecular weight excluding hydrogens is 278 g/mol. The van der Waals surface area contributed by atoms with Crippen LogP contribution < -0.4 is 10.2 Å². The van der Waals surface area contributed by atoms with Crippen molar-refractivity contribution in [1.82, 2.24) is 10.3 Å². The highest BCUT2D eigenvalue weighted by Crippen LogP contribution is 2.29. The van der Waals surface area contributed by atoms with Crippen LogP contribution >= 0.6 is 11.3 Å². The summed E-state index contributed by atoms with van der Waals surface area (Å²) < 4.78 is 4.91. The standard InChI is InChI=1S/C13H19N3O3S/c1-4-19-10(17)7-9-8-20-12(15-9)16-6-5-14-11(18)13(16,2)3/h8H,4-7H2,1-3H3,(H,14,18). The van der Waals surface area contributed by atoms with Crippen LogP contribution in [0.15, 0.2) is 5.38 Å². The van der Waals surface area contributed by atoms with Gasteiger partial charge >= 0.3 is 5.97 Å². The molecule has 1 aliphatic rings. The van der Waals surface area contributed by atoms with Gasteiger partial charge in [-0.2, -0.15) is 0 Å². The maximum absolute atomic E-state index is 11.9. The Morgan fingerprint density at radius 2 is 2.35 bits per heavy atom. The van der Waals surface area contributed by atoms with Gasteiger partial charge in [-0.25, -0.2) is 4.98 Å². The number of thiazole rings is 1. The molecule has 1 amide bonds. The topological polar surface area (TPSA) is 71.5 Å². The number of aromatic nitrogens is 1. The zero-order chi connectivity index (χ0) is 14.8. The summed E-state index contributed by atoms with van der Waals surface area (Å²) in [5.41, 5.74) is 0.0577. The van der Waals surface area contributed by atoms with Gasteiger partial charge in [0.25, 0.3) is 0 Å². The van der Waals surface area contributed by atoms with Crippen LogP contribution in [0, 0.1) is 0 Å². The van der Waals surface area contributed by atoms with Crippen LogP contribution in [0.4, 0.5) is 5.13 Å².